The standard InChI is InChI=1S/C17H28N2O2/c1-14(16-6-3-4-7-17(16)20-2)19-11-8-15(9-12-19)21-13-5-10-18/h3-4,6-7,14-15H,5,8-13,18H2,1-2H3. The van der Waals surface area contributed by atoms with Gasteiger partial charge < -0.3 is 15.2 Å². The Morgan fingerprint density at radius 1 is 1.29 bits per heavy atom. The lowest BCUT2D eigenvalue weighted by atomic mass is 10.0. The maximum Gasteiger partial charge on any atom is 0.123 e. The van der Waals surface area contributed by atoms with Crippen molar-refractivity contribution >= 4 is 0 Å². The van der Waals surface area contributed by atoms with Crippen molar-refractivity contribution < 1.29 is 9.47 Å². The molecule has 4 heteroatoms. The molecule has 1 aromatic carbocycles. The summed E-state index contributed by atoms with van der Waals surface area (Å²) >= 11 is 0. The summed E-state index contributed by atoms with van der Waals surface area (Å²) in [5.74, 6) is 0.978. The topological polar surface area (TPSA) is 47.7 Å². The van der Waals surface area contributed by atoms with Gasteiger partial charge in [0.2, 0.25) is 0 Å². The van der Waals surface area contributed by atoms with Crippen molar-refractivity contribution in [2.24, 2.45) is 5.73 Å². The Kier molecular flexibility index (Phi) is 6.49. The second kappa shape index (κ2) is 8.37. The summed E-state index contributed by atoms with van der Waals surface area (Å²) in [5.41, 5.74) is 6.76. The van der Waals surface area contributed by atoms with E-state index in [0.717, 1.165) is 44.7 Å². The lowest BCUT2D eigenvalue weighted by Crippen LogP contribution is -2.38. The minimum Gasteiger partial charge on any atom is -0.496 e. The summed E-state index contributed by atoms with van der Waals surface area (Å²) in [6.45, 7) is 5.92. The Hall–Kier alpha value is -1.10. The molecule has 0 bridgehead atoms. The average molecular weight is 292 g/mol. The van der Waals surface area contributed by atoms with Crippen LogP contribution in [0.15, 0.2) is 24.3 Å². The number of benzene rings is 1. The summed E-state index contributed by atoms with van der Waals surface area (Å²) in [6, 6.07) is 8.68. The minimum atomic E-state index is 0.381. The molecule has 2 N–H and O–H groups in total. The molecule has 0 saturated carbocycles. The predicted octanol–water partition coefficient (Wildman–Crippen LogP) is 2.59. The van der Waals surface area contributed by atoms with Crippen molar-refractivity contribution in [1.82, 2.24) is 4.90 Å². The number of likely N-dealkylation sites (tertiary alicyclic amines) is 1. The van der Waals surface area contributed by atoms with Crippen molar-refractivity contribution in [3.8, 4) is 5.75 Å². The van der Waals surface area contributed by atoms with E-state index in [1.54, 1.807) is 7.11 Å². The van der Waals surface area contributed by atoms with E-state index in [-0.39, 0.29) is 0 Å². The van der Waals surface area contributed by atoms with Crippen LogP contribution in [0.2, 0.25) is 0 Å². The first kappa shape index (κ1) is 16.3. The third-order valence-electron chi connectivity index (χ3n) is 4.32. The second-order valence-electron chi connectivity index (χ2n) is 5.67. The van der Waals surface area contributed by atoms with Gasteiger partial charge in [-0.05, 0) is 38.8 Å². The van der Waals surface area contributed by atoms with Crippen LogP contribution in [0.3, 0.4) is 0 Å². The van der Waals surface area contributed by atoms with E-state index >= 15 is 0 Å². The van der Waals surface area contributed by atoms with E-state index < -0.39 is 0 Å². The molecular weight excluding hydrogens is 264 g/mol. The number of hydrogen-bond donors (Lipinski definition) is 1. The Balaban J connectivity index is 1.86. The highest BCUT2D eigenvalue weighted by molar-refractivity contribution is 5.35. The van der Waals surface area contributed by atoms with Crippen LogP contribution >= 0.6 is 0 Å². The molecule has 1 fully saturated rings. The average Bonchev–Trinajstić information content (AvgIpc) is 2.55. The maximum absolute atomic E-state index is 5.87. The first-order valence-corrected chi connectivity index (χ1v) is 7.95. The van der Waals surface area contributed by atoms with Crippen molar-refractivity contribution in [3.05, 3.63) is 29.8 Å². The van der Waals surface area contributed by atoms with Gasteiger partial charge in [0.05, 0.1) is 13.2 Å². The van der Waals surface area contributed by atoms with Crippen LogP contribution in [0.5, 0.6) is 5.75 Å². The largest absolute Gasteiger partial charge is 0.496 e. The molecule has 1 aliphatic heterocycles. The molecule has 1 atom stereocenters. The number of nitrogens with two attached hydrogens (primary N) is 1. The number of ether oxygens (including phenoxy) is 2. The first-order chi connectivity index (χ1) is 10.3. The van der Waals surface area contributed by atoms with Crippen molar-refractivity contribution in [3.63, 3.8) is 0 Å². The third kappa shape index (κ3) is 4.43. The Labute approximate surface area is 128 Å². The zero-order valence-corrected chi connectivity index (χ0v) is 13.3. The van der Waals surface area contributed by atoms with Crippen LogP contribution in [-0.4, -0.2) is 44.4 Å². The van der Waals surface area contributed by atoms with E-state index in [1.807, 2.05) is 12.1 Å². The van der Waals surface area contributed by atoms with Crippen LogP contribution in [-0.2, 0) is 4.74 Å². The van der Waals surface area contributed by atoms with Gasteiger partial charge in [0, 0.05) is 31.3 Å². The van der Waals surface area contributed by atoms with Gasteiger partial charge in [-0.15, -0.1) is 0 Å². The zero-order valence-electron chi connectivity index (χ0n) is 13.3. The fourth-order valence-corrected chi connectivity index (χ4v) is 2.97. The highest BCUT2D eigenvalue weighted by Gasteiger charge is 2.25. The molecule has 0 amide bonds. The summed E-state index contributed by atoms with van der Waals surface area (Å²) in [6.07, 6.45) is 3.56. The summed E-state index contributed by atoms with van der Waals surface area (Å²) < 4.78 is 11.4. The number of hydrogen-bond acceptors (Lipinski definition) is 4. The molecule has 118 valence electrons. The summed E-state index contributed by atoms with van der Waals surface area (Å²) in [4.78, 5) is 2.51. The normalized spacial score (nSPS) is 18.6. The van der Waals surface area contributed by atoms with Crippen molar-refractivity contribution in [2.45, 2.75) is 38.3 Å². The number of methoxy groups -OCH3 is 1. The van der Waals surface area contributed by atoms with Gasteiger partial charge in [-0.2, -0.15) is 0 Å². The van der Waals surface area contributed by atoms with Crippen LogP contribution < -0.4 is 10.5 Å². The van der Waals surface area contributed by atoms with Gasteiger partial charge in [0.25, 0.3) is 0 Å². The fourth-order valence-electron chi connectivity index (χ4n) is 2.97. The van der Waals surface area contributed by atoms with Crippen LogP contribution in [0.4, 0.5) is 0 Å². The van der Waals surface area contributed by atoms with Crippen LogP contribution in [0.1, 0.15) is 37.8 Å². The van der Waals surface area contributed by atoms with E-state index in [1.165, 1.54) is 5.56 Å². The molecule has 2 rings (SSSR count). The monoisotopic (exact) mass is 292 g/mol. The quantitative estimate of drug-likeness (QED) is 0.785. The lowest BCUT2D eigenvalue weighted by Gasteiger charge is -2.36. The maximum atomic E-state index is 5.87. The Morgan fingerprint density at radius 3 is 2.67 bits per heavy atom. The highest BCUT2D eigenvalue weighted by atomic mass is 16.5. The van der Waals surface area contributed by atoms with Crippen LogP contribution in [0, 0.1) is 0 Å². The van der Waals surface area contributed by atoms with Gasteiger partial charge in [-0.1, -0.05) is 18.2 Å². The Morgan fingerprint density at radius 2 is 2.00 bits per heavy atom. The summed E-state index contributed by atoms with van der Waals surface area (Å²) in [7, 11) is 1.74. The first-order valence-electron chi connectivity index (χ1n) is 7.95. The van der Waals surface area contributed by atoms with Gasteiger partial charge in [-0.25, -0.2) is 0 Å². The molecule has 21 heavy (non-hydrogen) atoms. The molecule has 1 aromatic rings. The number of para-hydroxylation sites is 1. The zero-order chi connectivity index (χ0) is 15.1. The molecule has 1 saturated heterocycles. The fraction of sp³-hybridized carbons (Fsp3) is 0.647. The van der Waals surface area contributed by atoms with Gasteiger partial charge in [0.1, 0.15) is 5.75 Å². The SMILES string of the molecule is COc1ccccc1C(C)N1CCC(OCCCN)CC1. The minimum absolute atomic E-state index is 0.381. The molecule has 0 radical (unpaired) electrons. The smallest absolute Gasteiger partial charge is 0.123 e. The molecule has 1 heterocycles. The van der Waals surface area contributed by atoms with E-state index in [4.69, 9.17) is 15.2 Å². The second-order valence-corrected chi connectivity index (χ2v) is 5.67. The number of nitrogens with zero attached hydrogens (tertiary/aromatic N) is 1. The van der Waals surface area contributed by atoms with Crippen molar-refractivity contribution in [1.29, 1.82) is 0 Å². The number of rotatable bonds is 7. The summed E-state index contributed by atoms with van der Waals surface area (Å²) in [5, 5.41) is 0. The molecular formula is C17H28N2O2. The van der Waals surface area contributed by atoms with E-state index in [2.05, 4.69) is 24.0 Å². The Bertz CT molecular complexity index is 417. The van der Waals surface area contributed by atoms with E-state index in [0.29, 0.717) is 18.7 Å². The van der Waals surface area contributed by atoms with Gasteiger partial charge >= 0.3 is 0 Å². The van der Waals surface area contributed by atoms with Gasteiger partial charge in [-0.3, -0.25) is 4.90 Å². The van der Waals surface area contributed by atoms with Crippen molar-refractivity contribution in [2.75, 3.05) is 33.4 Å². The molecule has 1 unspecified atom stereocenters. The molecule has 0 aromatic heterocycles. The van der Waals surface area contributed by atoms with E-state index in [9.17, 15) is 0 Å². The number of piperidine rings is 1. The molecule has 0 spiro atoms. The lowest BCUT2D eigenvalue weighted by molar-refractivity contribution is -0.000922. The molecule has 0 aliphatic carbocycles. The molecule has 1 aliphatic rings. The highest BCUT2D eigenvalue weighted by Crippen LogP contribution is 2.31. The predicted molar refractivity (Wildman–Crippen MR) is 85.6 cm³/mol. The third-order valence-corrected chi connectivity index (χ3v) is 4.32. The molecule has 4 nitrogen and oxygen atoms in total. The van der Waals surface area contributed by atoms with Gasteiger partial charge in [0.15, 0.2) is 0 Å². The van der Waals surface area contributed by atoms with Crippen LogP contribution in [0.25, 0.3) is 0 Å².